The van der Waals surface area contributed by atoms with Crippen molar-refractivity contribution in [2.75, 3.05) is 0 Å². The normalized spacial score (nSPS) is 27.2. The number of rotatable bonds is 13. The first-order valence-corrected chi connectivity index (χ1v) is 14.4. The zero-order valence-corrected chi connectivity index (χ0v) is 21.6. The van der Waals surface area contributed by atoms with Gasteiger partial charge in [-0.05, 0) is 86.8 Å². The molecule has 182 valence electrons. The summed E-state index contributed by atoms with van der Waals surface area (Å²) in [6, 6.07) is 9.13. The number of benzene rings is 1. The summed E-state index contributed by atoms with van der Waals surface area (Å²) >= 11 is 0. The van der Waals surface area contributed by atoms with Crippen LogP contribution in [0.2, 0.25) is 0 Å². The molecule has 1 atom stereocenters. The predicted octanol–water partition coefficient (Wildman–Crippen LogP) is 10.1. The van der Waals surface area contributed by atoms with Crippen molar-refractivity contribution in [3.8, 4) is 5.75 Å². The van der Waals surface area contributed by atoms with Gasteiger partial charge in [0.2, 0.25) is 0 Å². The Balaban J connectivity index is 1.32. The van der Waals surface area contributed by atoms with E-state index in [-0.39, 0.29) is 0 Å². The van der Waals surface area contributed by atoms with Crippen LogP contribution in [0.1, 0.15) is 141 Å². The van der Waals surface area contributed by atoms with Crippen LogP contribution in [0.4, 0.5) is 0 Å². The molecule has 1 aromatic rings. The molecule has 1 heteroatoms. The molecule has 0 saturated heterocycles. The molecule has 0 unspecified atom stereocenters. The Morgan fingerprint density at radius 2 is 1.25 bits per heavy atom. The first kappa shape index (κ1) is 25.6. The largest absolute Gasteiger partial charge is 0.491 e. The molecule has 0 amide bonds. The molecule has 1 aromatic carbocycles. The Labute approximate surface area is 200 Å². The van der Waals surface area contributed by atoms with E-state index in [4.69, 9.17) is 4.74 Å². The van der Waals surface area contributed by atoms with E-state index in [1.54, 1.807) is 5.56 Å². The minimum atomic E-state index is 0.329. The minimum Gasteiger partial charge on any atom is -0.491 e. The third-order valence-corrected chi connectivity index (χ3v) is 8.65. The second kappa shape index (κ2) is 14.3. The van der Waals surface area contributed by atoms with Crippen molar-refractivity contribution in [2.24, 2.45) is 17.8 Å². The van der Waals surface area contributed by atoms with E-state index in [0.29, 0.717) is 6.10 Å². The molecule has 0 heterocycles. The van der Waals surface area contributed by atoms with Gasteiger partial charge in [0.25, 0.3) is 0 Å². The molecular weight excluding hydrogens is 388 g/mol. The van der Waals surface area contributed by atoms with Crippen molar-refractivity contribution in [3.63, 3.8) is 0 Å². The standard InChI is InChI=1S/C31H52O/c1-4-6-7-8-10-25(3)32-31-23-21-30(22-24-31)29-19-17-28(18-20-29)16-15-27-13-11-26(9-5-2)12-14-27/h21-29H,4-20H2,1-3H3/t25-,26?,27?,28?,29?/m1/s1. The van der Waals surface area contributed by atoms with E-state index in [2.05, 4.69) is 45.0 Å². The summed E-state index contributed by atoms with van der Waals surface area (Å²) in [5.74, 6) is 4.92. The number of hydrogen-bond acceptors (Lipinski definition) is 1. The summed E-state index contributed by atoms with van der Waals surface area (Å²) in [4.78, 5) is 0. The number of hydrogen-bond donors (Lipinski definition) is 0. The van der Waals surface area contributed by atoms with Gasteiger partial charge in [0.1, 0.15) is 5.75 Å². The van der Waals surface area contributed by atoms with Gasteiger partial charge in [-0.1, -0.05) is 96.6 Å². The molecule has 2 aliphatic rings. The summed E-state index contributed by atoms with van der Waals surface area (Å²) in [5, 5.41) is 0. The highest BCUT2D eigenvalue weighted by Crippen LogP contribution is 2.40. The molecule has 3 rings (SSSR count). The highest BCUT2D eigenvalue weighted by atomic mass is 16.5. The fraction of sp³-hybridized carbons (Fsp3) is 0.806. The van der Waals surface area contributed by atoms with Gasteiger partial charge in [0, 0.05) is 0 Å². The quantitative estimate of drug-likeness (QED) is 0.277. The molecule has 1 nitrogen and oxygen atoms in total. The van der Waals surface area contributed by atoms with Crippen molar-refractivity contribution in [2.45, 2.75) is 142 Å². The van der Waals surface area contributed by atoms with Crippen LogP contribution in [-0.2, 0) is 0 Å². The fourth-order valence-corrected chi connectivity index (χ4v) is 6.44. The van der Waals surface area contributed by atoms with Gasteiger partial charge in [-0.15, -0.1) is 0 Å². The maximum Gasteiger partial charge on any atom is 0.119 e. The summed E-state index contributed by atoms with van der Waals surface area (Å²) in [7, 11) is 0. The second-order valence-electron chi connectivity index (χ2n) is 11.3. The fourth-order valence-electron chi connectivity index (χ4n) is 6.44. The van der Waals surface area contributed by atoms with Crippen LogP contribution in [0, 0.1) is 17.8 Å². The Hall–Kier alpha value is -0.980. The highest BCUT2D eigenvalue weighted by molar-refractivity contribution is 5.29. The first-order valence-electron chi connectivity index (χ1n) is 14.4. The van der Waals surface area contributed by atoms with Gasteiger partial charge in [-0.3, -0.25) is 0 Å². The lowest BCUT2D eigenvalue weighted by Crippen LogP contribution is -2.17. The third kappa shape index (κ3) is 8.75. The van der Waals surface area contributed by atoms with E-state index < -0.39 is 0 Å². The molecule has 2 fully saturated rings. The molecule has 0 bridgehead atoms. The zero-order valence-electron chi connectivity index (χ0n) is 21.6. The molecule has 2 saturated carbocycles. The van der Waals surface area contributed by atoms with Gasteiger partial charge >= 0.3 is 0 Å². The summed E-state index contributed by atoms with van der Waals surface area (Å²) in [6.45, 7) is 6.84. The molecular formula is C31H52O. The molecule has 2 aliphatic carbocycles. The summed E-state index contributed by atoms with van der Waals surface area (Å²) in [6.07, 6.45) is 24.4. The van der Waals surface area contributed by atoms with E-state index in [1.165, 1.54) is 109 Å². The number of ether oxygens (including phenoxy) is 1. The maximum atomic E-state index is 6.16. The van der Waals surface area contributed by atoms with E-state index in [9.17, 15) is 0 Å². The van der Waals surface area contributed by atoms with Crippen molar-refractivity contribution >= 4 is 0 Å². The Morgan fingerprint density at radius 1 is 0.688 bits per heavy atom. The minimum absolute atomic E-state index is 0.329. The second-order valence-corrected chi connectivity index (χ2v) is 11.3. The van der Waals surface area contributed by atoms with Gasteiger partial charge in [-0.2, -0.15) is 0 Å². The highest BCUT2D eigenvalue weighted by Gasteiger charge is 2.25. The van der Waals surface area contributed by atoms with Crippen LogP contribution in [0.5, 0.6) is 5.75 Å². The molecule has 0 aliphatic heterocycles. The van der Waals surface area contributed by atoms with Gasteiger partial charge in [-0.25, -0.2) is 0 Å². The van der Waals surface area contributed by atoms with Crippen LogP contribution < -0.4 is 4.74 Å². The lowest BCUT2D eigenvalue weighted by atomic mass is 9.74. The van der Waals surface area contributed by atoms with Gasteiger partial charge in [0.05, 0.1) is 6.10 Å². The Bertz CT molecular complexity index is 589. The zero-order chi connectivity index (χ0) is 22.6. The smallest absolute Gasteiger partial charge is 0.119 e. The van der Waals surface area contributed by atoms with Crippen LogP contribution in [0.3, 0.4) is 0 Å². The number of unbranched alkanes of at least 4 members (excludes halogenated alkanes) is 3. The topological polar surface area (TPSA) is 9.23 Å². The average molecular weight is 441 g/mol. The van der Waals surface area contributed by atoms with Crippen molar-refractivity contribution in [1.29, 1.82) is 0 Å². The molecule has 0 spiro atoms. The van der Waals surface area contributed by atoms with E-state index in [0.717, 1.165) is 29.4 Å². The van der Waals surface area contributed by atoms with Gasteiger partial charge < -0.3 is 4.74 Å². The summed E-state index contributed by atoms with van der Waals surface area (Å²) in [5.41, 5.74) is 1.54. The molecule has 32 heavy (non-hydrogen) atoms. The van der Waals surface area contributed by atoms with Crippen LogP contribution in [0.25, 0.3) is 0 Å². The molecule has 0 aromatic heterocycles. The first-order chi connectivity index (χ1) is 15.7. The SMILES string of the molecule is CCCCCC[C@@H](C)Oc1ccc(C2CCC(CCC3CCC(CCC)CC3)CC2)cc1. The average Bonchev–Trinajstić information content (AvgIpc) is 2.82. The lowest BCUT2D eigenvalue weighted by Gasteiger charge is -2.32. The van der Waals surface area contributed by atoms with Crippen molar-refractivity contribution in [3.05, 3.63) is 29.8 Å². The van der Waals surface area contributed by atoms with Gasteiger partial charge in [0.15, 0.2) is 0 Å². The Morgan fingerprint density at radius 3 is 1.81 bits per heavy atom. The predicted molar refractivity (Wildman–Crippen MR) is 140 cm³/mol. The molecule has 0 N–H and O–H groups in total. The van der Waals surface area contributed by atoms with Crippen LogP contribution in [0.15, 0.2) is 24.3 Å². The summed E-state index contributed by atoms with van der Waals surface area (Å²) < 4.78 is 6.16. The van der Waals surface area contributed by atoms with E-state index in [1.807, 2.05) is 0 Å². The maximum absolute atomic E-state index is 6.16. The molecule has 0 radical (unpaired) electrons. The van der Waals surface area contributed by atoms with E-state index >= 15 is 0 Å². The van der Waals surface area contributed by atoms with Crippen LogP contribution >= 0.6 is 0 Å². The third-order valence-electron chi connectivity index (χ3n) is 8.65. The van der Waals surface area contributed by atoms with Crippen molar-refractivity contribution in [1.82, 2.24) is 0 Å². The van der Waals surface area contributed by atoms with Crippen molar-refractivity contribution < 1.29 is 4.74 Å². The Kier molecular flexibility index (Phi) is 11.5. The van der Waals surface area contributed by atoms with Crippen LogP contribution in [-0.4, -0.2) is 6.10 Å². The monoisotopic (exact) mass is 440 g/mol. The lowest BCUT2D eigenvalue weighted by molar-refractivity contribution is 0.206.